The van der Waals surface area contributed by atoms with E-state index in [0.29, 0.717) is 6.42 Å². The van der Waals surface area contributed by atoms with Crippen LogP contribution >= 0.6 is 7.82 Å². The molecule has 0 aromatic carbocycles. The van der Waals surface area contributed by atoms with E-state index in [2.05, 4.69) is 50.3 Å². The Bertz CT molecular complexity index is 1100. The number of phosphoric acid groups is 1. The van der Waals surface area contributed by atoms with Gasteiger partial charge in [0, 0.05) is 19.4 Å². The van der Waals surface area contributed by atoms with Crippen LogP contribution in [0.5, 0.6) is 0 Å². The van der Waals surface area contributed by atoms with Gasteiger partial charge in [-0.3, -0.25) is 18.6 Å². The van der Waals surface area contributed by atoms with E-state index in [1.54, 1.807) is 0 Å². The average Bonchev–Trinajstić information content (AvgIpc) is 3.25. The summed E-state index contributed by atoms with van der Waals surface area (Å²) in [5, 5.41) is 0. The number of carbonyl (C=O) groups is 2. The number of hydrogen-bond acceptors (Lipinski definition) is 8. The Hall–Kier alpha value is -1.77. The highest BCUT2D eigenvalue weighted by molar-refractivity contribution is 7.47. The number of esters is 2. The summed E-state index contributed by atoms with van der Waals surface area (Å²) >= 11 is 0. The molecule has 0 saturated carbocycles. The molecule has 3 N–H and O–H groups in total. The fraction of sp³-hybridized carbons (Fsp3) is 0.843. The largest absolute Gasteiger partial charge is 0.472 e. The minimum absolute atomic E-state index is 0.0509. The lowest BCUT2D eigenvalue weighted by atomic mass is 10.0. The number of allylic oxidation sites excluding steroid dienone is 6. The lowest BCUT2D eigenvalue weighted by molar-refractivity contribution is -0.161. The Balaban J connectivity index is 3.97. The maximum absolute atomic E-state index is 12.6. The topological polar surface area (TPSA) is 134 Å². The van der Waals surface area contributed by atoms with Gasteiger partial charge >= 0.3 is 19.8 Å². The number of phosphoric ester groups is 1. The zero-order valence-electron chi connectivity index (χ0n) is 39.7. The number of ether oxygens (including phenoxy) is 2. The van der Waals surface area contributed by atoms with Gasteiger partial charge in [0.25, 0.3) is 0 Å². The van der Waals surface area contributed by atoms with E-state index < -0.39 is 26.5 Å². The third kappa shape index (κ3) is 47.5. The van der Waals surface area contributed by atoms with Gasteiger partial charge in [0.1, 0.15) is 6.61 Å². The first-order valence-electron chi connectivity index (χ1n) is 25.5. The average molecular weight is 882 g/mol. The first-order valence-corrected chi connectivity index (χ1v) is 27.0. The van der Waals surface area contributed by atoms with Crippen molar-refractivity contribution < 1.29 is 37.6 Å². The molecule has 2 unspecified atom stereocenters. The van der Waals surface area contributed by atoms with Crippen LogP contribution in [0, 0.1) is 0 Å². The number of nitrogens with two attached hydrogens (primary N) is 1. The summed E-state index contributed by atoms with van der Waals surface area (Å²) < 4.78 is 32.9. The third-order valence-electron chi connectivity index (χ3n) is 11.0. The van der Waals surface area contributed by atoms with Crippen LogP contribution in [-0.4, -0.2) is 49.3 Å². The van der Waals surface area contributed by atoms with Crippen LogP contribution < -0.4 is 5.73 Å². The fourth-order valence-corrected chi connectivity index (χ4v) is 8.06. The Morgan fingerprint density at radius 1 is 0.508 bits per heavy atom. The van der Waals surface area contributed by atoms with Crippen molar-refractivity contribution in [1.82, 2.24) is 0 Å². The predicted molar refractivity (Wildman–Crippen MR) is 257 cm³/mol. The third-order valence-corrected chi connectivity index (χ3v) is 12.0. The normalized spacial score (nSPS) is 13.4. The molecular formula is C51H96NO8P. The van der Waals surface area contributed by atoms with Crippen molar-refractivity contribution in [2.24, 2.45) is 5.73 Å². The number of hydrogen-bond donors (Lipinski definition) is 2. The zero-order valence-corrected chi connectivity index (χ0v) is 40.5. The standard InChI is InChI=1S/C51H96NO8P/c1-3-5-7-9-11-13-15-17-19-20-21-22-23-24-25-26-27-28-30-31-33-35-37-39-41-43-50(53)57-47-49(48-59-61(55,56)58-46-45-52)60-51(54)44-42-40-38-36-34-32-29-18-16-14-12-10-8-6-4-2/h6,8,12,14,18,29,49H,3-5,7,9-11,13,15-17,19-28,30-48,52H2,1-2H3,(H,55,56)/b8-6-,14-12-,29-18-. The van der Waals surface area contributed by atoms with Crippen molar-refractivity contribution in [2.45, 2.75) is 251 Å². The molecule has 0 aliphatic rings. The van der Waals surface area contributed by atoms with Crippen molar-refractivity contribution in [3.8, 4) is 0 Å². The maximum atomic E-state index is 12.6. The molecule has 10 heteroatoms. The second kappa shape index (κ2) is 47.7. The minimum atomic E-state index is -4.38. The Kier molecular flexibility index (Phi) is 46.3. The van der Waals surface area contributed by atoms with Crippen LogP contribution in [0.25, 0.3) is 0 Å². The monoisotopic (exact) mass is 882 g/mol. The molecule has 0 aromatic rings. The minimum Gasteiger partial charge on any atom is -0.462 e. The molecule has 9 nitrogen and oxygen atoms in total. The second-order valence-corrected chi connectivity index (χ2v) is 18.5. The van der Waals surface area contributed by atoms with Gasteiger partial charge < -0.3 is 20.1 Å². The Labute approximate surface area is 375 Å². The van der Waals surface area contributed by atoms with Crippen LogP contribution in [-0.2, 0) is 32.7 Å². The quantitative estimate of drug-likeness (QED) is 0.0265. The first-order chi connectivity index (χ1) is 29.8. The summed E-state index contributed by atoms with van der Waals surface area (Å²) in [7, 11) is -4.38. The Morgan fingerprint density at radius 3 is 1.34 bits per heavy atom. The van der Waals surface area contributed by atoms with Gasteiger partial charge in [-0.15, -0.1) is 0 Å². The lowest BCUT2D eigenvalue weighted by Gasteiger charge is -2.19. The van der Waals surface area contributed by atoms with Gasteiger partial charge in [0.05, 0.1) is 13.2 Å². The summed E-state index contributed by atoms with van der Waals surface area (Å²) in [5.41, 5.74) is 5.36. The highest BCUT2D eigenvalue weighted by atomic mass is 31.2. The van der Waals surface area contributed by atoms with E-state index in [0.717, 1.165) is 70.6 Å². The molecular weight excluding hydrogens is 786 g/mol. The smallest absolute Gasteiger partial charge is 0.462 e. The van der Waals surface area contributed by atoms with E-state index in [9.17, 15) is 19.0 Å². The molecule has 0 fully saturated rings. The van der Waals surface area contributed by atoms with E-state index in [1.807, 2.05) is 0 Å². The van der Waals surface area contributed by atoms with Gasteiger partial charge in [-0.2, -0.15) is 0 Å². The molecule has 0 spiro atoms. The fourth-order valence-electron chi connectivity index (χ4n) is 7.30. The molecule has 0 rings (SSSR count). The molecule has 358 valence electrons. The molecule has 61 heavy (non-hydrogen) atoms. The molecule has 0 aliphatic carbocycles. The van der Waals surface area contributed by atoms with Crippen molar-refractivity contribution in [3.05, 3.63) is 36.5 Å². The highest BCUT2D eigenvalue weighted by Gasteiger charge is 2.26. The van der Waals surface area contributed by atoms with Crippen LogP contribution in [0.2, 0.25) is 0 Å². The Morgan fingerprint density at radius 2 is 0.902 bits per heavy atom. The van der Waals surface area contributed by atoms with Crippen molar-refractivity contribution in [1.29, 1.82) is 0 Å². The van der Waals surface area contributed by atoms with Crippen molar-refractivity contribution >= 4 is 19.8 Å². The lowest BCUT2D eigenvalue weighted by Crippen LogP contribution is -2.29. The predicted octanol–water partition coefficient (Wildman–Crippen LogP) is 15.3. The van der Waals surface area contributed by atoms with Gasteiger partial charge in [-0.1, -0.05) is 224 Å². The van der Waals surface area contributed by atoms with E-state index in [4.69, 9.17) is 24.3 Å². The summed E-state index contributed by atoms with van der Waals surface area (Å²) in [6.07, 6.45) is 54.8. The summed E-state index contributed by atoms with van der Waals surface area (Å²) in [6, 6.07) is 0. The van der Waals surface area contributed by atoms with Crippen LogP contribution in [0.15, 0.2) is 36.5 Å². The van der Waals surface area contributed by atoms with Crippen molar-refractivity contribution in [2.75, 3.05) is 26.4 Å². The van der Waals surface area contributed by atoms with Crippen LogP contribution in [0.1, 0.15) is 245 Å². The van der Waals surface area contributed by atoms with Crippen molar-refractivity contribution in [3.63, 3.8) is 0 Å². The van der Waals surface area contributed by atoms with Gasteiger partial charge in [0.2, 0.25) is 0 Å². The van der Waals surface area contributed by atoms with Crippen LogP contribution in [0.3, 0.4) is 0 Å². The summed E-state index contributed by atoms with van der Waals surface area (Å²) in [5.74, 6) is -0.838. The van der Waals surface area contributed by atoms with Gasteiger partial charge in [-0.25, -0.2) is 4.57 Å². The van der Waals surface area contributed by atoms with E-state index in [1.165, 1.54) is 141 Å². The van der Waals surface area contributed by atoms with Gasteiger partial charge in [0.15, 0.2) is 6.10 Å². The maximum Gasteiger partial charge on any atom is 0.472 e. The molecule has 0 heterocycles. The summed E-state index contributed by atoms with van der Waals surface area (Å²) in [6.45, 7) is 3.64. The highest BCUT2D eigenvalue weighted by Crippen LogP contribution is 2.43. The van der Waals surface area contributed by atoms with Crippen LogP contribution in [0.4, 0.5) is 0 Å². The van der Waals surface area contributed by atoms with E-state index in [-0.39, 0.29) is 38.6 Å². The molecule has 2 atom stereocenters. The SMILES string of the molecule is CC/C=C\C/C=C\C/C=C\CCCCCCCC(=O)OC(COC(=O)CCCCCCCCCCCCCCCCCCCCCCCCCCC)COP(=O)(O)OCCN. The molecule has 0 aromatic heterocycles. The second-order valence-electron chi connectivity index (χ2n) is 17.0. The molecule has 0 aliphatic heterocycles. The number of rotatable bonds is 48. The number of carbonyl (C=O) groups excluding carboxylic acids is 2. The zero-order chi connectivity index (χ0) is 44.6. The van der Waals surface area contributed by atoms with E-state index >= 15 is 0 Å². The first kappa shape index (κ1) is 59.2. The van der Waals surface area contributed by atoms with Gasteiger partial charge in [-0.05, 0) is 44.9 Å². The number of unbranched alkanes of at least 4 members (excludes halogenated alkanes) is 29. The molecule has 0 radical (unpaired) electrons. The molecule has 0 bridgehead atoms. The summed E-state index contributed by atoms with van der Waals surface area (Å²) in [4.78, 5) is 35.0. The molecule has 0 saturated heterocycles. The molecule has 0 amide bonds.